The third-order valence-electron chi connectivity index (χ3n) is 3.44. The Morgan fingerprint density at radius 3 is 2.39 bits per heavy atom. The number of sulfonamides is 1. The number of hydrogen-bond donors (Lipinski definition) is 2. The second-order valence-electron chi connectivity index (χ2n) is 4.84. The van der Waals surface area contributed by atoms with Crippen LogP contribution in [0.25, 0.3) is 0 Å². The van der Waals surface area contributed by atoms with E-state index in [1.165, 1.54) is 0 Å². The Labute approximate surface area is 109 Å². The highest BCUT2D eigenvalue weighted by molar-refractivity contribution is 7.90. The van der Waals surface area contributed by atoms with E-state index in [1.54, 1.807) is 0 Å². The molecule has 4 nitrogen and oxygen atoms in total. The van der Waals surface area contributed by atoms with Gasteiger partial charge in [-0.25, -0.2) is 13.1 Å². The van der Waals surface area contributed by atoms with Crippen LogP contribution in [0.5, 0.6) is 0 Å². The van der Waals surface area contributed by atoms with Crippen LogP contribution in [0.4, 0.5) is 5.69 Å². The number of rotatable bonds is 5. The highest BCUT2D eigenvalue weighted by atomic mass is 32.2. The van der Waals surface area contributed by atoms with E-state index in [0.717, 1.165) is 36.9 Å². The minimum absolute atomic E-state index is 0.177. The van der Waals surface area contributed by atoms with E-state index >= 15 is 0 Å². The molecular formula is C13H20N2O2S. The molecule has 1 aromatic carbocycles. The molecule has 0 saturated heterocycles. The van der Waals surface area contributed by atoms with E-state index in [9.17, 15) is 8.42 Å². The van der Waals surface area contributed by atoms with Gasteiger partial charge >= 0.3 is 0 Å². The van der Waals surface area contributed by atoms with Gasteiger partial charge in [0.05, 0.1) is 5.25 Å². The molecule has 0 aliphatic heterocycles. The Balaban J connectivity index is 1.82. The zero-order valence-electron chi connectivity index (χ0n) is 10.4. The molecule has 1 aliphatic carbocycles. The molecule has 1 saturated carbocycles. The normalized spacial score (nSPS) is 17.1. The van der Waals surface area contributed by atoms with Crippen LogP contribution < -0.4 is 10.5 Å². The molecule has 1 aliphatic rings. The van der Waals surface area contributed by atoms with Crippen molar-refractivity contribution in [3.8, 4) is 0 Å². The van der Waals surface area contributed by atoms with Crippen molar-refractivity contribution in [1.82, 2.24) is 4.72 Å². The van der Waals surface area contributed by atoms with Crippen LogP contribution in [0.3, 0.4) is 0 Å². The molecule has 0 aromatic heterocycles. The summed E-state index contributed by atoms with van der Waals surface area (Å²) in [6, 6.07) is 7.53. The molecule has 0 amide bonds. The molecule has 0 heterocycles. The molecule has 0 atom stereocenters. The summed E-state index contributed by atoms with van der Waals surface area (Å²) in [6.07, 6.45) is 4.37. The quantitative estimate of drug-likeness (QED) is 0.798. The molecular weight excluding hydrogens is 248 g/mol. The van der Waals surface area contributed by atoms with Gasteiger partial charge < -0.3 is 5.73 Å². The van der Waals surface area contributed by atoms with Crippen molar-refractivity contribution < 1.29 is 8.42 Å². The maximum Gasteiger partial charge on any atom is 0.214 e. The summed E-state index contributed by atoms with van der Waals surface area (Å²) >= 11 is 0. The van der Waals surface area contributed by atoms with E-state index in [-0.39, 0.29) is 5.25 Å². The van der Waals surface area contributed by atoms with Gasteiger partial charge in [-0.1, -0.05) is 25.0 Å². The Hall–Kier alpha value is -1.07. The summed E-state index contributed by atoms with van der Waals surface area (Å²) in [4.78, 5) is 0. The lowest BCUT2D eigenvalue weighted by Gasteiger charge is -2.12. The van der Waals surface area contributed by atoms with Crippen LogP contribution >= 0.6 is 0 Å². The first-order chi connectivity index (χ1) is 8.58. The number of nitrogens with one attached hydrogen (secondary N) is 1. The standard InChI is InChI=1S/C13H20N2O2S/c14-12-7-5-11(6-8-12)9-10-15-18(16,17)13-3-1-2-4-13/h5-8,13,15H,1-4,9-10,14H2. The smallest absolute Gasteiger partial charge is 0.214 e. The van der Waals surface area contributed by atoms with Crippen LogP contribution in [0.2, 0.25) is 0 Å². The first kappa shape index (κ1) is 13.4. The fourth-order valence-electron chi connectivity index (χ4n) is 2.34. The molecule has 100 valence electrons. The molecule has 1 fully saturated rings. The lowest BCUT2D eigenvalue weighted by molar-refractivity contribution is 0.565. The van der Waals surface area contributed by atoms with Crippen LogP contribution in [-0.4, -0.2) is 20.2 Å². The Kier molecular flexibility index (Phi) is 4.24. The number of anilines is 1. The van der Waals surface area contributed by atoms with E-state index in [2.05, 4.69) is 4.72 Å². The summed E-state index contributed by atoms with van der Waals surface area (Å²) in [7, 11) is -3.11. The molecule has 0 radical (unpaired) electrons. The van der Waals surface area contributed by atoms with E-state index in [4.69, 9.17) is 5.73 Å². The van der Waals surface area contributed by atoms with Crippen LogP contribution in [0.15, 0.2) is 24.3 Å². The molecule has 0 spiro atoms. The number of nitrogen functional groups attached to an aromatic ring is 1. The molecule has 3 N–H and O–H groups in total. The van der Waals surface area contributed by atoms with Gasteiger partial charge in [0, 0.05) is 12.2 Å². The largest absolute Gasteiger partial charge is 0.399 e. The van der Waals surface area contributed by atoms with E-state index in [1.807, 2.05) is 24.3 Å². The maximum absolute atomic E-state index is 11.9. The highest BCUT2D eigenvalue weighted by Gasteiger charge is 2.27. The van der Waals surface area contributed by atoms with Crippen molar-refractivity contribution in [2.75, 3.05) is 12.3 Å². The van der Waals surface area contributed by atoms with Gasteiger partial charge in [0.15, 0.2) is 0 Å². The zero-order chi connectivity index (χ0) is 13.0. The van der Waals surface area contributed by atoms with Gasteiger partial charge in [-0.05, 0) is 37.0 Å². The molecule has 18 heavy (non-hydrogen) atoms. The summed E-state index contributed by atoms with van der Waals surface area (Å²) in [5, 5.41) is -0.177. The minimum Gasteiger partial charge on any atom is -0.399 e. The van der Waals surface area contributed by atoms with Crippen molar-refractivity contribution >= 4 is 15.7 Å². The molecule has 0 bridgehead atoms. The molecule has 0 unspecified atom stereocenters. The second kappa shape index (κ2) is 5.71. The maximum atomic E-state index is 11.9. The average molecular weight is 268 g/mol. The fourth-order valence-corrected chi connectivity index (χ4v) is 3.91. The lowest BCUT2D eigenvalue weighted by Crippen LogP contribution is -2.34. The third kappa shape index (κ3) is 3.46. The third-order valence-corrected chi connectivity index (χ3v) is 5.39. The van der Waals surface area contributed by atoms with Crippen molar-refractivity contribution in [2.45, 2.75) is 37.4 Å². The van der Waals surface area contributed by atoms with E-state index < -0.39 is 10.0 Å². The first-order valence-corrected chi connectivity index (χ1v) is 7.95. The summed E-state index contributed by atoms with van der Waals surface area (Å²) in [5.41, 5.74) is 7.42. The molecule has 2 rings (SSSR count). The van der Waals surface area contributed by atoms with Crippen LogP contribution in [-0.2, 0) is 16.4 Å². The number of hydrogen-bond acceptors (Lipinski definition) is 3. The van der Waals surface area contributed by atoms with Gasteiger partial charge in [-0.15, -0.1) is 0 Å². The van der Waals surface area contributed by atoms with Crippen molar-refractivity contribution in [3.63, 3.8) is 0 Å². The average Bonchev–Trinajstić information content (AvgIpc) is 2.86. The second-order valence-corrected chi connectivity index (χ2v) is 6.88. The van der Waals surface area contributed by atoms with E-state index in [0.29, 0.717) is 13.0 Å². The lowest BCUT2D eigenvalue weighted by atomic mass is 10.1. The van der Waals surface area contributed by atoms with Crippen molar-refractivity contribution in [3.05, 3.63) is 29.8 Å². The van der Waals surface area contributed by atoms with Crippen molar-refractivity contribution in [2.24, 2.45) is 0 Å². The highest BCUT2D eigenvalue weighted by Crippen LogP contribution is 2.23. The monoisotopic (exact) mass is 268 g/mol. The van der Waals surface area contributed by atoms with Gasteiger partial charge in [0.1, 0.15) is 0 Å². The molecule has 1 aromatic rings. The van der Waals surface area contributed by atoms with Crippen molar-refractivity contribution in [1.29, 1.82) is 0 Å². The Morgan fingerprint density at radius 2 is 1.78 bits per heavy atom. The summed E-state index contributed by atoms with van der Waals surface area (Å²) in [5.74, 6) is 0. The predicted molar refractivity (Wildman–Crippen MR) is 73.7 cm³/mol. The Bertz CT molecular complexity index is 476. The van der Waals surface area contributed by atoms with Crippen LogP contribution in [0.1, 0.15) is 31.2 Å². The topological polar surface area (TPSA) is 72.2 Å². The SMILES string of the molecule is Nc1ccc(CCNS(=O)(=O)C2CCCC2)cc1. The zero-order valence-corrected chi connectivity index (χ0v) is 11.2. The molecule has 5 heteroatoms. The van der Waals surface area contributed by atoms with Crippen LogP contribution in [0, 0.1) is 0 Å². The van der Waals surface area contributed by atoms with Gasteiger partial charge in [0.2, 0.25) is 10.0 Å². The number of nitrogens with two attached hydrogens (primary N) is 1. The number of benzene rings is 1. The first-order valence-electron chi connectivity index (χ1n) is 6.41. The van der Waals surface area contributed by atoms with Gasteiger partial charge in [-0.2, -0.15) is 0 Å². The minimum atomic E-state index is -3.11. The predicted octanol–water partition coefficient (Wildman–Crippen LogP) is 1.67. The van der Waals surface area contributed by atoms with Gasteiger partial charge in [0.25, 0.3) is 0 Å². The Morgan fingerprint density at radius 1 is 1.17 bits per heavy atom. The fraction of sp³-hybridized carbons (Fsp3) is 0.538. The summed E-state index contributed by atoms with van der Waals surface area (Å²) < 4.78 is 26.6. The van der Waals surface area contributed by atoms with Gasteiger partial charge in [-0.3, -0.25) is 0 Å². The summed E-state index contributed by atoms with van der Waals surface area (Å²) in [6.45, 7) is 0.461.